The van der Waals surface area contributed by atoms with E-state index in [0.29, 0.717) is 6.42 Å². The van der Waals surface area contributed by atoms with E-state index >= 15 is 0 Å². The second-order valence-electron chi connectivity index (χ2n) is 3.55. The van der Waals surface area contributed by atoms with Gasteiger partial charge in [0.2, 0.25) is 0 Å². The molecule has 2 aromatic rings. The standard InChI is InChI=1S/C13H12N2O2S/c1-16-10-3-4-12(17-2)11(7-10)13-15-9(5-6-14)8-18-13/h3-4,7-8H,5H2,1-2H3. The number of ether oxygens (including phenoxy) is 2. The van der Waals surface area contributed by atoms with Crippen LogP contribution in [0.4, 0.5) is 0 Å². The fourth-order valence-electron chi connectivity index (χ4n) is 1.57. The van der Waals surface area contributed by atoms with Crippen LogP contribution in [0.25, 0.3) is 10.6 Å². The van der Waals surface area contributed by atoms with E-state index in [2.05, 4.69) is 11.1 Å². The van der Waals surface area contributed by atoms with Crippen LogP contribution >= 0.6 is 11.3 Å². The molecule has 18 heavy (non-hydrogen) atoms. The predicted octanol–water partition coefficient (Wildman–Crippen LogP) is 2.89. The Morgan fingerprint density at radius 1 is 1.33 bits per heavy atom. The molecule has 0 amide bonds. The van der Waals surface area contributed by atoms with Gasteiger partial charge in [0.25, 0.3) is 0 Å². The van der Waals surface area contributed by atoms with E-state index in [1.807, 2.05) is 23.6 Å². The Bertz CT molecular complexity index is 587. The quantitative estimate of drug-likeness (QED) is 0.848. The van der Waals surface area contributed by atoms with Crippen molar-refractivity contribution in [3.8, 4) is 28.1 Å². The predicted molar refractivity (Wildman–Crippen MR) is 70.0 cm³/mol. The van der Waals surface area contributed by atoms with Crippen molar-refractivity contribution in [2.75, 3.05) is 14.2 Å². The van der Waals surface area contributed by atoms with Crippen molar-refractivity contribution in [1.29, 1.82) is 5.26 Å². The first-order valence-corrected chi connectivity index (χ1v) is 6.20. The number of rotatable bonds is 4. The van der Waals surface area contributed by atoms with E-state index in [1.54, 1.807) is 14.2 Å². The molecule has 0 atom stereocenters. The maximum atomic E-state index is 8.65. The lowest BCUT2D eigenvalue weighted by Gasteiger charge is -2.08. The summed E-state index contributed by atoms with van der Waals surface area (Å²) in [6, 6.07) is 7.66. The number of hydrogen-bond donors (Lipinski definition) is 0. The summed E-state index contributed by atoms with van der Waals surface area (Å²) in [6.07, 6.45) is 0.322. The van der Waals surface area contributed by atoms with E-state index in [4.69, 9.17) is 14.7 Å². The SMILES string of the molecule is COc1ccc(OC)c(-c2nc(CC#N)cs2)c1. The summed E-state index contributed by atoms with van der Waals surface area (Å²) < 4.78 is 10.5. The molecule has 0 saturated carbocycles. The molecule has 92 valence electrons. The lowest BCUT2D eigenvalue weighted by molar-refractivity contribution is 0.404. The van der Waals surface area contributed by atoms with Crippen molar-refractivity contribution >= 4 is 11.3 Å². The second-order valence-corrected chi connectivity index (χ2v) is 4.40. The summed E-state index contributed by atoms with van der Waals surface area (Å²) in [4.78, 5) is 4.41. The molecule has 0 bridgehead atoms. The molecule has 5 heteroatoms. The van der Waals surface area contributed by atoms with Crippen LogP contribution in [0.5, 0.6) is 11.5 Å². The zero-order valence-corrected chi connectivity index (χ0v) is 11.0. The second kappa shape index (κ2) is 5.52. The van der Waals surface area contributed by atoms with Gasteiger partial charge in [0.15, 0.2) is 0 Å². The van der Waals surface area contributed by atoms with Gasteiger partial charge in [-0.05, 0) is 18.2 Å². The zero-order chi connectivity index (χ0) is 13.0. The largest absolute Gasteiger partial charge is 0.497 e. The molecule has 1 aromatic heterocycles. The number of aromatic nitrogens is 1. The van der Waals surface area contributed by atoms with Gasteiger partial charge in [-0.15, -0.1) is 11.3 Å². The van der Waals surface area contributed by atoms with Crippen LogP contribution in [-0.4, -0.2) is 19.2 Å². The van der Waals surface area contributed by atoms with Gasteiger partial charge >= 0.3 is 0 Å². The minimum absolute atomic E-state index is 0.322. The molecule has 4 nitrogen and oxygen atoms in total. The molecule has 2 rings (SSSR count). The van der Waals surface area contributed by atoms with Gasteiger partial charge in [0.05, 0.1) is 38.0 Å². The van der Waals surface area contributed by atoms with E-state index in [1.165, 1.54) is 11.3 Å². The molecule has 0 spiro atoms. The molecular weight excluding hydrogens is 248 g/mol. The van der Waals surface area contributed by atoms with Crippen molar-refractivity contribution in [3.63, 3.8) is 0 Å². The van der Waals surface area contributed by atoms with Crippen LogP contribution in [0, 0.1) is 11.3 Å². The van der Waals surface area contributed by atoms with Gasteiger partial charge in [0.1, 0.15) is 16.5 Å². The molecule has 1 aromatic carbocycles. The first kappa shape index (κ1) is 12.4. The highest BCUT2D eigenvalue weighted by molar-refractivity contribution is 7.13. The molecular formula is C13H12N2O2S. The molecule has 0 aliphatic rings. The monoisotopic (exact) mass is 260 g/mol. The number of benzene rings is 1. The van der Waals surface area contributed by atoms with Crippen LogP contribution in [0.15, 0.2) is 23.6 Å². The maximum Gasteiger partial charge on any atom is 0.129 e. The van der Waals surface area contributed by atoms with Crippen molar-refractivity contribution < 1.29 is 9.47 Å². The van der Waals surface area contributed by atoms with Crippen molar-refractivity contribution in [3.05, 3.63) is 29.3 Å². The minimum Gasteiger partial charge on any atom is -0.497 e. The Labute approximate surface area is 109 Å². The molecule has 0 unspecified atom stereocenters. The van der Waals surface area contributed by atoms with E-state index in [0.717, 1.165) is 27.8 Å². The zero-order valence-electron chi connectivity index (χ0n) is 10.1. The lowest BCUT2D eigenvalue weighted by atomic mass is 10.2. The van der Waals surface area contributed by atoms with E-state index < -0.39 is 0 Å². The number of methoxy groups -OCH3 is 2. The summed E-state index contributed by atoms with van der Waals surface area (Å²) in [5, 5.41) is 11.4. The van der Waals surface area contributed by atoms with Crippen LogP contribution in [0.1, 0.15) is 5.69 Å². The van der Waals surface area contributed by atoms with Crippen molar-refractivity contribution in [2.24, 2.45) is 0 Å². The third-order valence-corrected chi connectivity index (χ3v) is 3.37. The van der Waals surface area contributed by atoms with E-state index in [-0.39, 0.29) is 0 Å². The minimum atomic E-state index is 0.322. The van der Waals surface area contributed by atoms with Crippen molar-refractivity contribution in [1.82, 2.24) is 4.98 Å². The number of thiazole rings is 1. The van der Waals surface area contributed by atoms with Gasteiger partial charge in [-0.2, -0.15) is 5.26 Å². The molecule has 0 aliphatic heterocycles. The smallest absolute Gasteiger partial charge is 0.129 e. The Kier molecular flexibility index (Phi) is 3.80. The average molecular weight is 260 g/mol. The maximum absolute atomic E-state index is 8.65. The lowest BCUT2D eigenvalue weighted by Crippen LogP contribution is -1.90. The average Bonchev–Trinajstić information content (AvgIpc) is 2.87. The summed E-state index contributed by atoms with van der Waals surface area (Å²) in [5.41, 5.74) is 1.66. The summed E-state index contributed by atoms with van der Waals surface area (Å²) >= 11 is 1.49. The Morgan fingerprint density at radius 3 is 2.83 bits per heavy atom. The Hall–Kier alpha value is -2.06. The summed E-state index contributed by atoms with van der Waals surface area (Å²) in [6.45, 7) is 0. The number of nitriles is 1. The van der Waals surface area contributed by atoms with Crippen molar-refractivity contribution in [2.45, 2.75) is 6.42 Å². The third-order valence-electron chi connectivity index (χ3n) is 2.45. The fraction of sp³-hybridized carbons (Fsp3) is 0.231. The highest BCUT2D eigenvalue weighted by Crippen LogP contribution is 2.35. The number of nitrogens with zero attached hydrogens (tertiary/aromatic N) is 2. The first-order chi connectivity index (χ1) is 8.78. The Morgan fingerprint density at radius 2 is 2.17 bits per heavy atom. The van der Waals surface area contributed by atoms with Gasteiger partial charge < -0.3 is 9.47 Å². The van der Waals surface area contributed by atoms with Gasteiger partial charge in [-0.25, -0.2) is 4.98 Å². The highest BCUT2D eigenvalue weighted by atomic mass is 32.1. The molecule has 0 fully saturated rings. The van der Waals surface area contributed by atoms with Gasteiger partial charge in [-0.1, -0.05) is 0 Å². The van der Waals surface area contributed by atoms with Crippen LogP contribution < -0.4 is 9.47 Å². The fourth-order valence-corrected chi connectivity index (χ4v) is 2.41. The topological polar surface area (TPSA) is 55.1 Å². The molecule has 0 saturated heterocycles. The van der Waals surface area contributed by atoms with E-state index in [9.17, 15) is 0 Å². The Balaban J connectivity index is 2.44. The van der Waals surface area contributed by atoms with Crippen LogP contribution in [0.3, 0.4) is 0 Å². The molecule has 1 heterocycles. The highest BCUT2D eigenvalue weighted by Gasteiger charge is 2.11. The van der Waals surface area contributed by atoms with Gasteiger partial charge in [-0.3, -0.25) is 0 Å². The molecule has 0 radical (unpaired) electrons. The molecule has 0 aliphatic carbocycles. The number of hydrogen-bond acceptors (Lipinski definition) is 5. The van der Waals surface area contributed by atoms with Gasteiger partial charge in [0, 0.05) is 5.38 Å². The summed E-state index contributed by atoms with van der Waals surface area (Å²) in [7, 11) is 3.24. The van der Waals surface area contributed by atoms with Crippen LogP contribution in [0.2, 0.25) is 0 Å². The first-order valence-electron chi connectivity index (χ1n) is 5.32. The third kappa shape index (κ3) is 2.44. The molecule has 0 N–H and O–H groups in total. The van der Waals surface area contributed by atoms with Crippen LogP contribution in [-0.2, 0) is 6.42 Å². The normalized spacial score (nSPS) is 9.83. The summed E-state index contributed by atoms with van der Waals surface area (Å²) in [5.74, 6) is 1.50.